The molecule has 428 valence electrons. The monoisotopic (exact) mass is 1050 g/mol. The van der Waals surface area contributed by atoms with E-state index in [0.717, 1.165) is 103 Å². The molecule has 0 heterocycles. The van der Waals surface area contributed by atoms with Crippen LogP contribution in [0.4, 0.5) is 0 Å². The van der Waals surface area contributed by atoms with Crippen LogP contribution in [0.1, 0.15) is 232 Å². The topological polar surface area (TPSA) is 108 Å². The number of ether oxygens (including phenoxy) is 4. The standard InChI is InChI=1S/C66H111NO8/c1-6-8-10-12-14-16-18-20-21-22-23-24-25-26-27-28-29-30-31-32-33-34-35-36-37-38-39-40-41-42-43-45-47-49-51-53-55-57-64(69)75-62(61-74-66(65(70)71)72-59-58-67(3,4)5)60-73-63(68)56-54-52-50-48-46-44-19-17-15-13-11-9-7-2/h8,10,14,16,20-21,23-24,26-27,29-30,32-33,35-36,38-39,62,66H,6-7,9,11-13,15,17-19,22,25,28,31,34,37,40-61H2,1-5H3/p+1/b10-8-,16-14-,21-20-,24-23-,27-26-,30-29-,33-32-,36-35-,39-38-. The van der Waals surface area contributed by atoms with Gasteiger partial charge in [-0.25, -0.2) is 4.79 Å². The van der Waals surface area contributed by atoms with E-state index in [-0.39, 0.29) is 32.2 Å². The van der Waals surface area contributed by atoms with Crippen molar-refractivity contribution >= 4 is 17.9 Å². The number of carbonyl (C=O) groups excluding carboxylic acids is 2. The molecule has 9 nitrogen and oxygen atoms in total. The number of allylic oxidation sites excluding steroid dienone is 18. The molecule has 0 radical (unpaired) electrons. The zero-order valence-electron chi connectivity index (χ0n) is 48.7. The zero-order valence-corrected chi connectivity index (χ0v) is 48.7. The lowest BCUT2D eigenvalue weighted by molar-refractivity contribution is -0.870. The summed E-state index contributed by atoms with van der Waals surface area (Å²) in [6, 6.07) is 0. The number of carbonyl (C=O) groups is 3. The van der Waals surface area contributed by atoms with Crippen molar-refractivity contribution in [1.29, 1.82) is 0 Å². The third kappa shape index (κ3) is 57.5. The maximum Gasteiger partial charge on any atom is 0.361 e. The molecule has 0 aromatic heterocycles. The molecule has 0 spiro atoms. The Balaban J connectivity index is 4.17. The van der Waals surface area contributed by atoms with Gasteiger partial charge >= 0.3 is 17.9 Å². The summed E-state index contributed by atoms with van der Waals surface area (Å²) in [6.07, 6.45) is 74.6. The van der Waals surface area contributed by atoms with E-state index >= 15 is 0 Å². The molecule has 0 saturated heterocycles. The lowest BCUT2D eigenvalue weighted by Crippen LogP contribution is -2.40. The van der Waals surface area contributed by atoms with Crippen LogP contribution in [0, 0.1) is 0 Å². The van der Waals surface area contributed by atoms with Gasteiger partial charge in [-0.1, -0.05) is 245 Å². The minimum Gasteiger partial charge on any atom is -0.477 e. The molecule has 0 saturated carbocycles. The molecule has 0 rings (SSSR count). The van der Waals surface area contributed by atoms with Crippen molar-refractivity contribution in [3.05, 3.63) is 109 Å². The number of carboxylic acids is 1. The van der Waals surface area contributed by atoms with Gasteiger partial charge in [0, 0.05) is 12.8 Å². The van der Waals surface area contributed by atoms with Gasteiger partial charge in [0.05, 0.1) is 34.4 Å². The second-order valence-electron chi connectivity index (χ2n) is 20.9. The van der Waals surface area contributed by atoms with E-state index in [1.165, 1.54) is 96.3 Å². The molecule has 0 fully saturated rings. The largest absolute Gasteiger partial charge is 0.477 e. The molecule has 75 heavy (non-hydrogen) atoms. The van der Waals surface area contributed by atoms with Crippen LogP contribution in [-0.4, -0.2) is 87.4 Å². The van der Waals surface area contributed by atoms with Gasteiger partial charge in [0.2, 0.25) is 0 Å². The average molecular weight is 1050 g/mol. The number of aliphatic carboxylic acids is 1. The summed E-state index contributed by atoms with van der Waals surface area (Å²) in [6.45, 7) is 4.75. The minimum absolute atomic E-state index is 0.183. The highest BCUT2D eigenvalue weighted by Crippen LogP contribution is 2.15. The molecular weight excluding hydrogens is 935 g/mol. The first-order valence-corrected chi connectivity index (χ1v) is 30.1. The van der Waals surface area contributed by atoms with Crippen molar-refractivity contribution in [2.24, 2.45) is 0 Å². The number of unbranched alkanes of at least 4 members (excludes halogenated alkanes) is 21. The van der Waals surface area contributed by atoms with E-state index in [4.69, 9.17) is 18.9 Å². The third-order valence-electron chi connectivity index (χ3n) is 12.5. The van der Waals surface area contributed by atoms with E-state index < -0.39 is 24.3 Å². The summed E-state index contributed by atoms with van der Waals surface area (Å²) < 4.78 is 22.8. The maximum atomic E-state index is 12.9. The fourth-order valence-corrected chi connectivity index (χ4v) is 7.95. The fourth-order valence-electron chi connectivity index (χ4n) is 7.95. The van der Waals surface area contributed by atoms with Crippen LogP contribution >= 0.6 is 0 Å². The van der Waals surface area contributed by atoms with Gasteiger partial charge in [0.15, 0.2) is 6.10 Å². The highest BCUT2D eigenvalue weighted by molar-refractivity contribution is 5.71. The van der Waals surface area contributed by atoms with Crippen LogP contribution in [0.5, 0.6) is 0 Å². The summed E-state index contributed by atoms with van der Waals surface area (Å²) in [4.78, 5) is 37.4. The highest BCUT2D eigenvalue weighted by atomic mass is 16.7. The molecular formula is C66H112NO8+. The third-order valence-corrected chi connectivity index (χ3v) is 12.5. The molecule has 0 aromatic rings. The molecule has 0 amide bonds. The van der Waals surface area contributed by atoms with Crippen LogP contribution in [0.2, 0.25) is 0 Å². The molecule has 0 aromatic carbocycles. The summed E-state index contributed by atoms with van der Waals surface area (Å²) in [5.41, 5.74) is 0. The normalized spacial score (nSPS) is 13.6. The number of rotatable bonds is 54. The first kappa shape index (κ1) is 71.0. The van der Waals surface area contributed by atoms with E-state index in [1.807, 2.05) is 21.1 Å². The van der Waals surface area contributed by atoms with Gasteiger partial charge in [-0.3, -0.25) is 9.59 Å². The first-order valence-electron chi connectivity index (χ1n) is 30.1. The molecule has 2 atom stereocenters. The fraction of sp³-hybridized carbons (Fsp3) is 0.682. The number of hydrogen-bond donors (Lipinski definition) is 1. The number of carboxylic acid groups (broad SMARTS) is 1. The Hall–Kier alpha value is -4.05. The van der Waals surface area contributed by atoms with Crippen molar-refractivity contribution < 1.29 is 42.9 Å². The van der Waals surface area contributed by atoms with Crippen molar-refractivity contribution in [3.63, 3.8) is 0 Å². The Kier molecular flexibility index (Phi) is 53.1. The molecule has 2 unspecified atom stereocenters. The molecule has 0 aliphatic carbocycles. The summed E-state index contributed by atoms with van der Waals surface area (Å²) >= 11 is 0. The molecule has 1 N–H and O–H groups in total. The minimum atomic E-state index is -1.51. The van der Waals surface area contributed by atoms with Gasteiger partial charge in [0.25, 0.3) is 6.29 Å². The summed E-state index contributed by atoms with van der Waals surface area (Å²) in [5, 5.41) is 9.69. The number of esters is 2. The number of quaternary nitrogens is 1. The highest BCUT2D eigenvalue weighted by Gasteiger charge is 2.25. The van der Waals surface area contributed by atoms with Gasteiger partial charge in [-0.15, -0.1) is 0 Å². The smallest absolute Gasteiger partial charge is 0.361 e. The predicted octanol–water partition coefficient (Wildman–Crippen LogP) is 17.9. The van der Waals surface area contributed by atoms with Gasteiger partial charge in [0.1, 0.15) is 13.2 Å². The Morgan fingerprint density at radius 1 is 0.413 bits per heavy atom. The molecule has 0 aliphatic rings. The van der Waals surface area contributed by atoms with E-state index in [9.17, 15) is 19.5 Å². The quantitative estimate of drug-likeness (QED) is 0.0211. The van der Waals surface area contributed by atoms with E-state index in [1.54, 1.807) is 0 Å². The van der Waals surface area contributed by atoms with Crippen molar-refractivity contribution in [3.8, 4) is 0 Å². The summed E-state index contributed by atoms with van der Waals surface area (Å²) in [7, 11) is 5.96. The van der Waals surface area contributed by atoms with E-state index in [0.29, 0.717) is 23.9 Å². The van der Waals surface area contributed by atoms with Crippen LogP contribution in [0.15, 0.2) is 109 Å². The van der Waals surface area contributed by atoms with Crippen molar-refractivity contribution in [2.75, 3.05) is 47.5 Å². The first-order chi connectivity index (χ1) is 36.6. The molecule has 9 heteroatoms. The van der Waals surface area contributed by atoms with E-state index in [2.05, 4.69) is 123 Å². The second-order valence-corrected chi connectivity index (χ2v) is 20.9. The Morgan fingerprint density at radius 2 is 0.760 bits per heavy atom. The Labute approximate surface area is 460 Å². The van der Waals surface area contributed by atoms with Crippen molar-refractivity contribution in [2.45, 2.75) is 245 Å². The van der Waals surface area contributed by atoms with Crippen LogP contribution in [0.3, 0.4) is 0 Å². The van der Waals surface area contributed by atoms with Crippen molar-refractivity contribution in [1.82, 2.24) is 0 Å². The van der Waals surface area contributed by atoms with Gasteiger partial charge in [-0.05, 0) is 83.5 Å². The van der Waals surface area contributed by atoms with Crippen LogP contribution < -0.4 is 0 Å². The van der Waals surface area contributed by atoms with Gasteiger partial charge in [-0.2, -0.15) is 0 Å². The maximum absolute atomic E-state index is 12.9. The number of nitrogens with zero attached hydrogens (tertiary/aromatic N) is 1. The second kappa shape index (κ2) is 56.2. The Morgan fingerprint density at radius 3 is 1.13 bits per heavy atom. The lowest BCUT2D eigenvalue weighted by atomic mass is 10.0. The number of hydrogen-bond acceptors (Lipinski definition) is 7. The lowest BCUT2D eigenvalue weighted by Gasteiger charge is -2.25. The Bertz CT molecular complexity index is 1590. The average Bonchev–Trinajstić information content (AvgIpc) is 3.38. The van der Waals surface area contributed by atoms with Crippen LogP contribution in [-0.2, 0) is 33.3 Å². The SMILES string of the molecule is CC/C=C\C/C=C\C/C=C\C/C=C\C/C=C\C/C=C\C/C=C\C/C=C\C/C=C\CCCCCCCCCCCC(=O)OC(COC(=O)CCCCCCCCCCCCCCC)COC(OCC[N+](C)(C)C)C(=O)O. The van der Waals surface area contributed by atoms with Crippen LogP contribution in [0.25, 0.3) is 0 Å². The summed E-state index contributed by atoms with van der Waals surface area (Å²) in [5.74, 6) is -2.02. The molecule has 0 bridgehead atoms. The molecule has 0 aliphatic heterocycles. The zero-order chi connectivity index (χ0) is 54.8. The number of likely N-dealkylation sites (N-methyl/N-ethyl adjacent to an activating group) is 1. The van der Waals surface area contributed by atoms with Gasteiger partial charge < -0.3 is 28.5 Å². The predicted molar refractivity (Wildman–Crippen MR) is 318 cm³/mol.